The molecule has 0 aliphatic rings. The summed E-state index contributed by atoms with van der Waals surface area (Å²) in [6.07, 6.45) is 3.79. The van der Waals surface area contributed by atoms with Crippen molar-refractivity contribution in [1.82, 2.24) is 9.88 Å². The summed E-state index contributed by atoms with van der Waals surface area (Å²) in [6.45, 7) is 4.48. The number of rotatable bonds is 9. The van der Waals surface area contributed by atoms with Gasteiger partial charge in [-0.2, -0.15) is 0 Å². The number of carbonyl (C=O) groups excluding carboxylic acids is 2. The fourth-order valence-corrected chi connectivity index (χ4v) is 1.59. The lowest BCUT2D eigenvalue weighted by atomic mass is 10.3. The van der Waals surface area contributed by atoms with Crippen molar-refractivity contribution in [1.29, 1.82) is 0 Å². The number of aryl methyl sites for hydroxylation is 1. The molecule has 0 spiro atoms. The molecule has 0 fully saturated rings. The van der Waals surface area contributed by atoms with Crippen LogP contribution in [0.25, 0.3) is 0 Å². The second-order valence-corrected chi connectivity index (χ2v) is 3.89. The van der Waals surface area contributed by atoms with Gasteiger partial charge in [0.15, 0.2) is 6.29 Å². The van der Waals surface area contributed by atoms with Crippen LogP contribution in [0.4, 0.5) is 0 Å². The lowest BCUT2D eigenvalue weighted by molar-refractivity contribution is -0.121. The van der Waals surface area contributed by atoms with Crippen molar-refractivity contribution >= 4 is 12.2 Å². The Balaban J connectivity index is 2.15. The first-order valence-corrected chi connectivity index (χ1v) is 6.22. The van der Waals surface area contributed by atoms with Gasteiger partial charge in [0.25, 0.3) is 0 Å². The van der Waals surface area contributed by atoms with Crippen molar-refractivity contribution in [3.63, 3.8) is 0 Å². The van der Waals surface area contributed by atoms with Crippen molar-refractivity contribution in [3.05, 3.63) is 24.0 Å². The maximum Gasteiger partial charge on any atom is 0.221 e. The molecule has 1 rings (SSSR count). The minimum absolute atomic E-state index is 0.00273. The molecule has 1 N–H and O–H groups in total. The first kappa shape index (κ1) is 14.4. The summed E-state index contributed by atoms with van der Waals surface area (Å²) >= 11 is 0. The number of ether oxygens (including phenoxy) is 1. The SMILES string of the molecule is CCOCCCNC(=O)CCn1cccc1C=O. The summed E-state index contributed by atoms with van der Waals surface area (Å²) in [7, 11) is 0. The number of nitrogens with zero attached hydrogens (tertiary/aromatic N) is 1. The van der Waals surface area contributed by atoms with Crippen molar-refractivity contribution in [2.75, 3.05) is 19.8 Å². The van der Waals surface area contributed by atoms with Crippen LogP contribution in [0, 0.1) is 0 Å². The molecule has 0 unspecified atom stereocenters. The van der Waals surface area contributed by atoms with Gasteiger partial charge in [-0.05, 0) is 25.5 Å². The maximum absolute atomic E-state index is 11.5. The Bertz CT molecular complexity index is 374. The minimum atomic E-state index is -0.00273. The minimum Gasteiger partial charge on any atom is -0.382 e. The molecule has 0 atom stereocenters. The quantitative estimate of drug-likeness (QED) is 0.531. The fourth-order valence-electron chi connectivity index (χ4n) is 1.59. The van der Waals surface area contributed by atoms with Gasteiger partial charge in [0.1, 0.15) is 0 Å². The predicted octanol–water partition coefficient (Wildman–Crippen LogP) is 1.23. The normalized spacial score (nSPS) is 10.3. The Labute approximate surface area is 107 Å². The highest BCUT2D eigenvalue weighted by Crippen LogP contribution is 2.00. The monoisotopic (exact) mass is 252 g/mol. The van der Waals surface area contributed by atoms with E-state index in [-0.39, 0.29) is 5.91 Å². The van der Waals surface area contributed by atoms with Crippen LogP contribution in [-0.2, 0) is 16.1 Å². The summed E-state index contributed by atoms with van der Waals surface area (Å²) in [4.78, 5) is 22.2. The van der Waals surface area contributed by atoms with Gasteiger partial charge < -0.3 is 14.6 Å². The van der Waals surface area contributed by atoms with E-state index < -0.39 is 0 Å². The molecule has 18 heavy (non-hydrogen) atoms. The number of amides is 1. The zero-order valence-corrected chi connectivity index (χ0v) is 10.7. The van der Waals surface area contributed by atoms with E-state index in [2.05, 4.69) is 5.32 Å². The molecule has 0 saturated carbocycles. The van der Waals surface area contributed by atoms with E-state index in [9.17, 15) is 9.59 Å². The molecule has 5 heteroatoms. The van der Waals surface area contributed by atoms with Crippen LogP contribution < -0.4 is 5.32 Å². The second-order valence-electron chi connectivity index (χ2n) is 3.89. The zero-order valence-electron chi connectivity index (χ0n) is 10.7. The van der Waals surface area contributed by atoms with E-state index in [4.69, 9.17) is 4.74 Å². The summed E-state index contributed by atoms with van der Waals surface area (Å²) in [5.74, 6) is -0.00273. The van der Waals surface area contributed by atoms with E-state index in [0.717, 1.165) is 12.7 Å². The van der Waals surface area contributed by atoms with Crippen molar-refractivity contribution in [2.24, 2.45) is 0 Å². The molecule has 1 aromatic rings. The Kier molecular flexibility index (Phi) is 6.79. The number of hydrogen-bond donors (Lipinski definition) is 1. The van der Waals surface area contributed by atoms with Gasteiger partial charge in [-0.15, -0.1) is 0 Å². The fraction of sp³-hybridized carbons (Fsp3) is 0.538. The highest BCUT2D eigenvalue weighted by molar-refractivity contribution is 5.76. The van der Waals surface area contributed by atoms with Crippen LogP contribution in [0.2, 0.25) is 0 Å². The molecular weight excluding hydrogens is 232 g/mol. The highest BCUT2D eigenvalue weighted by Gasteiger charge is 2.03. The molecule has 1 amide bonds. The molecule has 0 aliphatic heterocycles. The van der Waals surface area contributed by atoms with Gasteiger partial charge in [-0.1, -0.05) is 0 Å². The standard InChI is InChI=1S/C13H20N2O3/c1-2-18-10-4-7-14-13(17)6-9-15-8-3-5-12(15)11-16/h3,5,8,11H,2,4,6-7,9-10H2,1H3,(H,14,17). The highest BCUT2D eigenvalue weighted by atomic mass is 16.5. The van der Waals surface area contributed by atoms with Crippen LogP contribution in [0.3, 0.4) is 0 Å². The topological polar surface area (TPSA) is 60.3 Å². The van der Waals surface area contributed by atoms with Crippen molar-refractivity contribution in [2.45, 2.75) is 26.3 Å². The smallest absolute Gasteiger partial charge is 0.221 e. The summed E-state index contributed by atoms with van der Waals surface area (Å²) in [5.41, 5.74) is 0.596. The van der Waals surface area contributed by atoms with Gasteiger partial charge >= 0.3 is 0 Å². The Morgan fingerprint density at radius 3 is 3.11 bits per heavy atom. The van der Waals surface area contributed by atoms with Gasteiger partial charge in [0.05, 0.1) is 5.69 Å². The number of hydrogen-bond acceptors (Lipinski definition) is 3. The molecule has 0 bridgehead atoms. The van der Waals surface area contributed by atoms with Crippen LogP contribution in [0.15, 0.2) is 18.3 Å². The molecule has 1 heterocycles. The molecule has 0 aromatic carbocycles. The zero-order chi connectivity index (χ0) is 13.2. The Morgan fingerprint density at radius 1 is 1.56 bits per heavy atom. The average Bonchev–Trinajstić information content (AvgIpc) is 2.83. The van der Waals surface area contributed by atoms with E-state index in [1.807, 2.05) is 6.92 Å². The van der Waals surface area contributed by atoms with Crippen molar-refractivity contribution < 1.29 is 14.3 Å². The van der Waals surface area contributed by atoms with Gasteiger partial charge in [-0.3, -0.25) is 9.59 Å². The number of nitrogens with one attached hydrogen (secondary N) is 1. The largest absolute Gasteiger partial charge is 0.382 e. The first-order valence-electron chi connectivity index (χ1n) is 6.22. The number of aromatic nitrogens is 1. The molecule has 0 radical (unpaired) electrons. The predicted molar refractivity (Wildman–Crippen MR) is 68.6 cm³/mol. The Hall–Kier alpha value is -1.62. The van der Waals surface area contributed by atoms with Crippen LogP contribution >= 0.6 is 0 Å². The third-order valence-corrected chi connectivity index (χ3v) is 2.56. The lowest BCUT2D eigenvalue weighted by Gasteiger charge is -2.07. The average molecular weight is 252 g/mol. The molecule has 5 nitrogen and oxygen atoms in total. The summed E-state index contributed by atoms with van der Waals surface area (Å²) < 4.78 is 6.94. The van der Waals surface area contributed by atoms with E-state index in [1.54, 1.807) is 22.9 Å². The van der Waals surface area contributed by atoms with Crippen LogP contribution in [0.5, 0.6) is 0 Å². The molecule has 0 saturated heterocycles. The molecule has 0 aliphatic carbocycles. The van der Waals surface area contributed by atoms with Crippen LogP contribution in [-0.4, -0.2) is 36.5 Å². The number of aldehydes is 1. The van der Waals surface area contributed by atoms with E-state index >= 15 is 0 Å². The van der Waals surface area contributed by atoms with Crippen molar-refractivity contribution in [3.8, 4) is 0 Å². The van der Waals surface area contributed by atoms with Gasteiger partial charge in [0, 0.05) is 38.9 Å². The summed E-state index contributed by atoms with van der Waals surface area (Å²) in [5, 5.41) is 2.82. The second kappa shape index (κ2) is 8.47. The maximum atomic E-state index is 11.5. The molecular formula is C13H20N2O3. The lowest BCUT2D eigenvalue weighted by Crippen LogP contribution is -2.26. The third kappa shape index (κ3) is 5.14. The summed E-state index contributed by atoms with van der Waals surface area (Å²) in [6, 6.07) is 3.52. The first-order chi connectivity index (χ1) is 8.77. The van der Waals surface area contributed by atoms with Gasteiger partial charge in [-0.25, -0.2) is 0 Å². The molecule has 100 valence electrons. The molecule has 1 aromatic heterocycles. The van der Waals surface area contributed by atoms with Gasteiger partial charge in [0.2, 0.25) is 5.91 Å². The third-order valence-electron chi connectivity index (χ3n) is 2.56. The number of carbonyl (C=O) groups is 2. The van der Waals surface area contributed by atoms with E-state index in [1.165, 1.54) is 0 Å². The van der Waals surface area contributed by atoms with E-state index in [0.29, 0.717) is 38.4 Å². The van der Waals surface area contributed by atoms with Crippen LogP contribution in [0.1, 0.15) is 30.3 Å². The Morgan fingerprint density at radius 2 is 2.39 bits per heavy atom.